The van der Waals surface area contributed by atoms with Crippen LogP contribution in [0.25, 0.3) is 0 Å². The van der Waals surface area contributed by atoms with Gasteiger partial charge in [-0.05, 0) is 49.2 Å². The number of hydrogen-bond donors (Lipinski definition) is 1. The van der Waals surface area contributed by atoms with Crippen LogP contribution in [-0.4, -0.2) is 18.6 Å². The number of halogens is 1. The molecule has 3 aromatic carbocycles. The number of amides is 1. The van der Waals surface area contributed by atoms with Crippen LogP contribution in [0.1, 0.15) is 28.4 Å². The van der Waals surface area contributed by atoms with Crippen LogP contribution in [0.4, 0.5) is 0 Å². The molecule has 1 amide bonds. The standard InChI is InChI=1S/C24H24ClNO3/c1-17-8-6-7-11-22(17)28-15-18(2)26-24(27)21-14-20(25)12-13-23(21)29-16-19-9-4-3-5-10-19/h3-14,18H,15-16H2,1-2H3,(H,26,27). The lowest BCUT2D eigenvalue weighted by Crippen LogP contribution is -2.37. The minimum Gasteiger partial charge on any atom is -0.491 e. The van der Waals surface area contributed by atoms with E-state index in [9.17, 15) is 4.79 Å². The Balaban J connectivity index is 1.63. The number of aryl methyl sites for hydroxylation is 1. The quantitative estimate of drug-likeness (QED) is 0.540. The molecule has 0 heterocycles. The van der Waals surface area contributed by atoms with E-state index in [2.05, 4.69) is 5.32 Å². The van der Waals surface area contributed by atoms with E-state index >= 15 is 0 Å². The van der Waals surface area contributed by atoms with Crippen LogP contribution in [0.5, 0.6) is 11.5 Å². The Bertz CT molecular complexity index is 959. The van der Waals surface area contributed by atoms with Gasteiger partial charge in [-0.2, -0.15) is 0 Å². The third-order valence-electron chi connectivity index (χ3n) is 4.38. The molecule has 0 aromatic heterocycles. The largest absolute Gasteiger partial charge is 0.491 e. The molecule has 0 saturated carbocycles. The van der Waals surface area contributed by atoms with Crippen molar-refractivity contribution < 1.29 is 14.3 Å². The van der Waals surface area contributed by atoms with Crippen LogP contribution in [0, 0.1) is 6.92 Å². The highest BCUT2D eigenvalue weighted by atomic mass is 35.5. The van der Waals surface area contributed by atoms with Crippen molar-refractivity contribution in [3.8, 4) is 11.5 Å². The van der Waals surface area contributed by atoms with Crippen molar-refractivity contribution in [2.24, 2.45) is 0 Å². The molecule has 1 unspecified atom stereocenters. The minimum absolute atomic E-state index is 0.192. The maximum absolute atomic E-state index is 12.8. The monoisotopic (exact) mass is 409 g/mol. The van der Waals surface area contributed by atoms with Crippen LogP contribution >= 0.6 is 11.6 Å². The number of rotatable bonds is 8. The Morgan fingerprint density at radius 3 is 2.45 bits per heavy atom. The van der Waals surface area contributed by atoms with Gasteiger partial charge in [0.25, 0.3) is 5.91 Å². The summed E-state index contributed by atoms with van der Waals surface area (Å²) in [7, 11) is 0. The van der Waals surface area contributed by atoms with Crippen molar-refractivity contribution in [2.75, 3.05) is 6.61 Å². The lowest BCUT2D eigenvalue weighted by atomic mass is 10.1. The first kappa shape index (κ1) is 20.7. The molecule has 0 spiro atoms. The molecule has 0 aliphatic heterocycles. The van der Waals surface area contributed by atoms with Gasteiger partial charge in [-0.25, -0.2) is 0 Å². The molecule has 4 nitrogen and oxygen atoms in total. The Hall–Kier alpha value is -2.98. The number of ether oxygens (including phenoxy) is 2. The Morgan fingerprint density at radius 1 is 0.966 bits per heavy atom. The molecule has 3 aromatic rings. The van der Waals surface area contributed by atoms with Gasteiger partial charge >= 0.3 is 0 Å². The lowest BCUT2D eigenvalue weighted by molar-refractivity contribution is 0.0922. The molecular formula is C24H24ClNO3. The van der Waals surface area contributed by atoms with E-state index in [1.165, 1.54) is 0 Å². The zero-order chi connectivity index (χ0) is 20.6. The lowest BCUT2D eigenvalue weighted by Gasteiger charge is -2.17. The molecule has 5 heteroatoms. The van der Waals surface area contributed by atoms with Gasteiger partial charge < -0.3 is 14.8 Å². The first-order valence-corrected chi connectivity index (χ1v) is 9.86. The summed E-state index contributed by atoms with van der Waals surface area (Å²) >= 11 is 6.11. The second kappa shape index (κ2) is 9.99. The molecular weight excluding hydrogens is 386 g/mol. The van der Waals surface area contributed by atoms with Gasteiger partial charge in [-0.15, -0.1) is 0 Å². The Labute approximate surface area is 176 Å². The van der Waals surface area contributed by atoms with E-state index in [0.29, 0.717) is 29.5 Å². The predicted molar refractivity (Wildman–Crippen MR) is 116 cm³/mol. The fourth-order valence-electron chi connectivity index (χ4n) is 2.82. The van der Waals surface area contributed by atoms with Crippen molar-refractivity contribution in [3.63, 3.8) is 0 Å². The maximum atomic E-state index is 12.8. The average molecular weight is 410 g/mol. The summed E-state index contributed by atoms with van der Waals surface area (Å²) in [5.41, 5.74) is 2.47. The van der Waals surface area contributed by atoms with Crippen molar-refractivity contribution in [3.05, 3.63) is 94.5 Å². The fraction of sp³-hybridized carbons (Fsp3) is 0.208. The van der Waals surface area contributed by atoms with Crippen LogP contribution in [0.15, 0.2) is 72.8 Å². The number of hydrogen-bond acceptors (Lipinski definition) is 3. The molecule has 1 N–H and O–H groups in total. The molecule has 0 aliphatic rings. The van der Waals surface area contributed by atoms with Crippen molar-refractivity contribution in [1.82, 2.24) is 5.32 Å². The van der Waals surface area contributed by atoms with Crippen LogP contribution in [0.2, 0.25) is 5.02 Å². The molecule has 0 bridgehead atoms. The minimum atomic E-state index is -0.253. The van der Waals surface area contributed by atoms with E-state index in [1.807, 2.05) is 68.4 Å². The highest BCUT2D eigenvalue weighted by molar-refractivity contribution is 6.31. The van der Waals surface area contributed by atoms with Gasteiger partial charge in [-0.3, -0.25) is 4.79 Å². The second-order valence-electron chi connectivity index (χ2n) is 6.87. The number of carbonyl (C=O) groups excluding carboxylic acids is 1. The molecule has 0 saturated heterocycles. The number of carbonyl (C=O) groups is 1. The smallest absolute Gasteiger partial charge is 0.255 e. The summed E-state index contributed by atoms with van der Waals surface area (Å²) in [5.74, 6) is 1.04. The molecule has 29 heavy (non-hydrogen) atoms. The number of para-hydroxylation sites is 1. The SMILES string of the molecule is Cc1ccccc1OCC(C)NC(=O)c1cc(Cl)ccc1OCc1ccccc1. The highest BCUT2D eigenvalue weighted by Crippen LogP contribution is 2.24. The summed E-state index contributed by atoms with van der Waals surface area (Å²) in [6.07, 6.45) is 0. The maximum Gasteiger partial charge on any atom is 0.255 e. The highest BCUT2D eigenvalue weighted by Gasteiger charge is 2.16. The average Bonchev–Trinajstić information content (AvgIpc) is 2.73. The van der Waals surface area contributed by atoms with E-state index in [-0.39, 0.29) is 11.9 Å². The first-order chi connectivity index (χ1) is 14.0. The summed E-state index contributed by atoms with van der Waals surface area (Å²) in [6.45, 7) is 4.61. The van der Waals surface area contributed by atoms with E-state index in [1.54, 1.807) is 18.2 Å². The molecule has 0 radical (unpaired) electrons. The zero-order valence-corrected chi connectivity index (χ0v) is 17.3. The molecule has 0 fully saturated rings. The van der Waals surface area contributed by atoms with Gasteiger partial charge in [0.05, 0.1) is 11.6 Å². The van der Waals surface area contributed by atoms with Gasteiger partial charge in [-0.1, -0.05) is 60.1 Å². The summed E-state index contributed by atoms with van der Waals surface area (Å²) < 4.78 is 11.7. The van der Waals surface area contributed by atoms with Crippen LogP contribution in [0.3, 0.4) is 0 Å². The van der Waals surface area contributed by atoms with E-state index in [4.69, 9.17) is 21.1 Å². The third kappa shape index (κ3) is 6.00. The first-order valence-electron chi connectivity index (χ1n) is 9.48. The van der Waals surface area contributed by atoms with E-state index < -0.39 is 0 Å². The van der Waals surface area contributed by atoms with Crippen molar-refractivity contribution in [2.45, 2.75) is 26.5 Å². The summed E-state index contributed by atoms with van der Waals surface area (Å²) in [6, 6.07) is 22.4. The van der Waals surface area contributed by atoms with Crippen LogP contribution in [-0.2, 0) is 6.61 Å². The predicted octanol–water partition coefficient (Wildman–Crippen LogP) is 5.42. The Kier molecular flexibility index (Phi) is 7.14. The summed E-state index contributed by atoms with van der Waals surface area (Å²) in [5, 5.41) is 3.43. The van der Waals surface area contributed by atoms with Crippen molar-refractivity contribution in [1.29, 1.82) is 0 Å². The second-order valence-corrected chi connectivity index (χ2v) is 7.30. The van der Waals surface area contributed by atoms with Crippen molar-refractivity contribution >= 4 is 17.5 Å². The fourth-order valence-corrected chi connectivity index (χ4v) is 2.99. The number of nitrogens with one attached hydrogen (secondary N) is 1. The van der Waals surface area contributed by atoms with E-state index in [0.717, 1.165) is 16.9 Å². The molecule has 1 atom stereocenters. The zero-order valence-electron chi connectivity index (χ0n) is 16.5. The normalized spacial score (nSPS) is 11.6. The number of benzene rings is 3. The van der Waals surface area contributed by atoms with Gasteiger partial charge in [0.1, 0.15) is 24.7 Å². The molecule has 150 valence electrons. The molecule has 0 aliphatic carbocycles. The summed E-state index contributed by atoms with van der Waals surface area (Å²) in [4.78, 5) is 12.8. The van der Waals surface area contributed by atoms with Crippen LogP contribution < -0.4 is 14.8 Å². The Morgan fingerprint density at radius 2 is 1.69 bits per heavy atom. The topological polar surface area (TPSA) is 47.6 Å². The van der Waals surface area contributed by atoms with Gasteiger partial charge in [0.2, 0.25) is 0 Å². The molecule has 3 rings (SSSR count). The van der Waals surface area contributed by atoms with Gasteiger partial charge in [0, 0.05) is 5.02 Å². The van der Waals surface area contributed by atoms with Gasteiger partial charge in [0.15, 0.2) is 0 Å². The third-order valence-corrected chi connectivity index (χ3v) is 4.62.